The summed E-state index contributed by atoms with van der Waals surface area (Å²) in [4.78, 5) is 43.9. The normalized spacial score (nSPS) is 20.1. The molecule has 1 fully saturated rings. The molecule has 4 N–H and O–H groups in total. The lowest BCUT2D eigenvalue weighted by atomic mass is 10.1. The third-order valence-corrected chi connectivity index (χ3v) is 8.73. The summed E-state index contributed by atoms with van der Waals surface area (Å²) in [6, 6.07) is 7.17. The summed E-state index contributed by atoms with van der Waals surface area (Å²) >= 11 is 0. The number of carbonyl (C=O) groups is 2. The molecule has 50 heavy (non-hydrogen) atoms. The van der Waals surface area contributed by atoms with E-state index >= 15 is 8.78 Å². The molecule has 1 aliphatic rings. The van der Waals surface area contributed by atoms with Crippen molar-refractivity contribution in [2.75, 3.05) is 26.1 Å². The molecule has 0 aliphatic carbocycles. The van der Waals surface area contributed by atoms with Crippen molar-refractivity contribution >= 4 is 36.6 Å². The Hall–Kier alpha value is -5.14. The number of aliphatic hydroxyl groups is 1. The number of carbonyl (C=O) groups excluding carboxylic acids is 1. The molecule has 1 aliphatic heterocycles. The summed E-state index contributed by atoms with van der Waals surface area (Å²) in [6.07, 6.45) is -4.59. The Kier molecular flexibility index (Phi) is 10.7. The van der Waals surface area contributed by atoms with Gasteiger partial charge in [-0.05, 0) is 37.3 Å². The zero-order chi connectivity index (χ0) is 36.2. The second kappa shape index (κ2) is 14.8. The van der Waals surface area contributed by atoms with E-state index in [1.54, 1.807) is 18.2 Å². The molecule has 0 spiro atoms. The van der Waals surface area contributed by atoms with Crippen molar-refractivity contribution in [1.29, 1.82) is 0 Å². The van der Waals surface area contributed by atoms with E-state index in [1.165, 1.54) is 32.5 Å². The highest BCUT2D eigenvalue weighted by Crippen LogP contribution is 2.48. The predicted molar refractivity (Wildman–Crippen MR) is 165 cm³/mol. The van der Waals surface area contributed by atoms with Gasteiger partial charge in [0.1, 0.15) is 35.2 Å². The van der Waals surface area contributed by atoms with E-state index in [2.05, 4.69) is 20.4 Å². The number of ether oxygens (including phenoxy) is 4. The maximum atomic E-state index is 15.2. The fourth-order valence-corrected chi connectivity index (χ4v) is 6.12. The highest BCUT2D eigenvalue weighted by atomic mass is 31.2. The molecule has 1 amide bonds. The molecule has 1 saturated heterocycles. The third kappa shape index (κ3) is 8.01. The molecule has 0 bridgehead atoms. The van der Waals surface area contributed by atoms with Crippen molar-refractivity contribution in [2.24, 2.45) is 0 Å². The molecular weight excluding hydrogens is 695 g/mol. The molecule has 2 unspecified atom stereocenters. The number of nitrogens with one attached hydrogen (secondary N) is 2. The van der Waals surface area contributed by atoms with Crippen molar-refractivity contribution in [1.82, 2.24) is 19.6 Å². The van der Waals surface area contributed by atoms with Gasteiger partial charge < -0.3 is 38.1 Å². The number of alkyl halides is 2. The van der Waals surface area contributed by atoms with Crippen LogP contribution < -0.4 is 30.1 Å². The number of carboxylic acids is 1. The van der Waals surface area contributed by atoms with Gasteiger partial charge in [0, 0.05) is 23.8 Å². The number of furan rings is 1. The van der Waals surface area contributed by atoms with Crippen LogP contribution in [0.1, 0.15) is 18.9 Å². The zero-order valence-corrected chi connectivity index (χ0v) is 27.2. The summed E-state index contributed by atoms with van der Waals surface area (Å²) in [7, 11) is -1.66. The molecule has 18 nitrogen and oxygen atoms in total. The Morgan fingerprint density at radius 3 is 2.62 bits per heavy atom. The molecule has 3 aromatic heterocycles. The van der Waals surface area contributed by atoms with Gasteiger partial charge in [0.05, 0.1) is 27.0 Å². The smallest absolute Gasteiger partial charge is 0.459 e. The lowest BCUT2D eigenvalue weighted by Crippen LogP contribution is -2.42. The van der Waals surface area contributed by atoms with E-state index < -0.39 is 62.5 Å². The summed E-state index contributed by atoms with van der Waals surface area (Å²) < 4.78 is 81.2. The van der Waals surface area contributed by atoms with Crippen LogP contribution in [0, 0.1) is 0 Å². The first kappa shape index (κ1) is 36.1. The van der Waals surface area contributed by atoms with Crippen LogP contribution in [0.5, 0.6) is 17.2 Å². The van der Waals surface area contributed by atoms with Gasteiger partial charge in [0.25, 0.3) is 0 Å². The Labute approximate surface area is 280 Å². The van der Waals surface area contributed by atoms with Gasteiger partial charge in [0.15, 0.2) is 24.0 Å². The van der Waals surface area contributed by atoms with Crippen molar-refractivity contribution in [2.45, 2.75) is 43.9 Å². The minimum absolute atomic E-state index is 0.108. The van der Waals surface area contributed by atoms with Crippen molar-refractivity contribution in [3.05, 3.63) is 71.2 Å². The summed E-state index contributed by atoms with van der Waals surface area (Å²) in [5.41, 5.74) is -0.916. The average molecular weight is 726 g/mol. The number of benzene rings is 1. The Morgan fingerprint density at radius 1 is 1.18 bits per heavy atom. The molecule has 4 heterocycles. The number of rotatable bonds is 14. The molecule has 268 valence electrons. The number of nitrogens with zero attached hydrogens (tertiary/aromatic N) is 3. The summed E-state index contributed by atoms with van der Waals surface area (Å²) in [5.74, 6) is -4.86. The summed E-state index contributed by atoms with van der Waals surface area (Å²) in [5, 5.41) is 24.6. The molecule has 5 atom stereocenters. The number of aliphatic hydroxyl groups excluding tert-OH is 1. The van der Waals surface area contributed by atoms with Gasteiger partial charge in [-0.1, -0.05) is 0 Å². The minimum Gasteiger partial charge on any atom is -0.497 e. The van der Waals surface area contributed by atoms with Crippen LogP contribution in [-0.4, -0.2) is 81.8 Å². The molecule has 21 heteroatoms. The maximum Gasteiger partial charge on any atom is 0.459 e. The van der Waals surface area contributed by atoms with Gasteiger partial charge in [-0.15, -0.1) is 0 Å². The monoisotopic (exact) mass is 725 g/mol. The standard InChI is InChI=1S/C29H30F2N5O13P/c1-15(25(38)39)35-50(42,49-17-5-4-7-32-12-17)46-14-21-24(37)29(30,31)26(48-21)36-8-6-22(33-27(36)40)34-28(41)45-13-19-10-16-9-18(43-2)11-20(44-3)23(16)47-19/h4-12,15,21,24,26,37H,13-14H2,1-3H3,(H,35,42)(H,38,39)(H,33,34,40,41)/t15?,21-,24-,26-,50?/m1/s1. The number of hydrogen-bond acceptors (Lipinski definition) is 14. The zero-order valence-electron chi connectivity index (χ0n) is 26.3. The number of amides is 1. The number of hydrogen-bond donors (Lipinski definition) is 4. The second-order valence-corrected chi connectivity index (χ2v) is 12.3. The van der Waals surface area contributed by atoms with Gasteiger partial charge in [-0.25, -0.2) is 14.2 Å². The van der Waals surface area contributed by atoms with E-state index in [9.17, 15) is 29.2 Å². The van der Waals surface area contributed by atoms with Crippen LogP contribution in [0.15, 0.2) is 64.2 Å². The van der Waals surface area contributed by atoms with Gasteiger partial charge in [0.2, 0.25) is 6.23 Å². The lowest BCUT2D eigenvalue weighted by Gasteiger charge is -2.23. The molecular formula is C29H30F2N5O13P. The SMILES string of the molecule is COc1cc(OC)c2oc(COC(=O)Nc3ccn([C@@H]4O[C@H](COP(=O)(NC(C)C(=O)O)Oc5cccnc5)[C@@H](O)C4(F)F)c(=O)n3)cc2c1. The Morgan fingerprint density at radius 2 is 1.96 bits per heavy atom. The molecule has 0 saturated carbocycles. The van der Waals surface area contributed by atoms with Crippen LogP contribution in [0.2, 0.25) is 0 Å². The van der Waals surface area contributed by atoms with Crippen molar-refractivity contribution in [3.63, 3.8) is 0 Å². The van der Waals surface area contributed by atoms with Gasteiger partial charge in [-0.3, -0.25) is 24.2 Å². The van der Waals surface area contributed by atoms with Crippen LogP contribution in [0.3, 0.4) is 0 Å². The number of fused-ring (bicyclic) bond motifs is 1. The van der Waals surface area contributed by atoms with Crippen molar-refractivity contribution in [3.8, 4) is 17.2 Å². The van der Waals surface area contributed by atoms with Crippen LogP contribution >= 0.6 is 7.75 Å². The van der Waals surface area contributed by atoms with Crippen molar-refractivity contribution < 1.29 is 65.6 Å². The van der Waals surface area contributed by atoms with Gasteiger partial charge >= 0.3 is 31.4 Å². The van der Waals surface area contributed by atoms with E-state index in [0.717, 1.165) is 25.4 Å². The number of halogens is 2. The van der Waals surface area contributed by atoms with E-state index in [-0.39, 0.29) is 23.9 Å². The first-order chi connectivity index (χ1) is 23.7. The fraction of sp³-hybridized carbons (Fsp3) is 0.345. The average Bonchev–Trinajstić information content (AvgIpc) is 3.59. The quantitative estimate of drug-likeness (QED) is 0.137. The minimum atomic E-state index is -4.59. The van der Waals surface area contributed by atoms with E-state index in [1.807, 2.05) is 0 Å². The number of pyridine rings is 1. The second-order valence-electron chi connectivity index (χ2n) is 10.6. The molecule has 0 radical (unpaired) electrons. The third-order valence-electron chi connectivity index (χ3n) is 7.09. The van der Waals surface area contributed by atoms with E-state index in [4.69, 9.17) is 32.4 Å². The first-order valence-electron chi connectivity index (χ1n) is 14.5. The summed E-state index contributed by atoms with van der Waals surface area (Å²) in [6.45, 7) is -0.204. The predicted octanol–water partition coefficient (Wildman–Crippen LogP) is 3.31. The van der Waals surface area contributed by atoms with Crippen LogP contribution in [0.4, 0.5) is 19.4 Å². The maximum absolute atomic E-state index is 15.2. The first-order valence-corrected chi connectivity index (χ1v) is 16.0. The number of aliphatic carboxylic acids is 1. The van der Waals surface area contributed by atoms with Crippen LogP contribution in [0.25, 0.3) is 11.0 Å². The topological polar surface area (TPSA) is 232 Å². The lowest BCUT2D eigenvalue weighted by molar-refractivity contribution is -0.141. The van der Waals surface area contributed by atoms with Gasteiger partial charge in [-0.2, -0.15) is 18.9 Å². The highest BCUT2D eigenvalue weighted by molar-refractivity contribution is 7.52. The molecule has 1 aromatic carbocycles. The Balaban J connectivity index is 1.23. The largest absolute Gasteiger partial charge is 0.497 e. The Bertz CT molecular complexity index is 1960. The molecule has 4 aromatic rings. The number of methoxy groups -OCH3 is 2. The molecule has 5 rings (SSSR count). The van der Waals surface area contributed by atoms with Crippen LogP contribution in [-0.2, 0) is 30.0 Å². The fourth-order valence-electron chi connectivity index (χ4n) is 4.63. The number of aromatic nitrogens is 3. The number of carboxylic acid groups (broad SMARTS) is 1. The highest BCUT2D eigenvalue weighted by Gasteiger charge is 2.60. The number of anilines is 1. The van der Waals surface area contributed by atoms with E-state index in [0.29, 0.717) is 27.0 Å².